The second-order valence-electron chi connectivity index (χ2n) is 3.10. The highest BCUT2D eigenvalue weighted by Crippen LogP contribution is 2.45. The first-order valence-electron chi connectivity index (χ1n) is 4.59. The molecular formula is C11H14O5. The summed E-state index contributed by atoms with van der Waals surface area (Å²) in [5.41, 5.74) is 0.134. The lowest BCUT2D eigenvalue weighted by atomic mass is 10.1. The Morgan fingerprint density at radius 2 is 1.69 bits per heavy atom. The number of hydrogen-bond donors (Lipinski definition) is 1. The van der Waals surface area contributed by atoms with Crippen LogP contribution in [0.3, 0.4) is 0 Å². The van der Waals surface area contributed by atoms with Crippen LogP contribution in [0.2, 0.25) is 0 Å². The SMILES string of the molecule is COc1cc(C(C)=O)c(O)c(OC)c1OC. The molecule has 1 rings (SSSR count). The van der Waals surface area contributed by atoms with E-state index >= 15 is 0 Å². The molecule has 0 unspecified atom stereocenters. The summed E-state index contributed by atoms with van der Waals surface area (Å²) in [5.74, 6) is 0.159. The number of rotatable bonds is 4. The molecule has 0 atom stereocenters. The molecule has 0 saturated heterocycles. The van der Waals surface area contributed by atoms with Crippen molar-refractivity contribution in [1.29, 1.82) is 0 Å². The first-order valence-corrected chi connectivity index (χ1v) is 4.59. The fourth-order valence-electron chi connectivity index (χ4n) is 1.41. The fraction of sp³-hybridized carbons (Fsp3) is 0.364. The van der Waals surface area contributed by atoms with Gasteiger partial charge in [-0.25, -0.2) is 0 Å². The monoisotopic (exact) mass is 226 g/mol. The molecule has 0 aliphatic heterocycles. The van der Waals surface area contributed by atoms with Crippen molar-refractivity contribution in [2.75, 3.05) is 21.3 Å². The number of benzene rings is 1. The van der Waals surface area contributed by atoms with Crippen LogP contribution in [0.5, 0.6) is 23.0 Å². The number of methoxy groups -OCH3 is 3. The Labute approximate surface area is 93.6 Å². The van der Waals surface area contributed by atoms with Crippen molar-refractivity contribution >= 4 is 5.78 Å². The molecule has 88 valence electrons. The van der Waals surface area contributed by atoms with E-state index in [1.54, 1.807) is 0 Å². The number of carbonyl (C=O) groups is 1. The van der Waals surface area contributed by atoms with Crippen molar-refractivity contribution in [3.05, 3.63) is 11.6 Å². The Morgan fingerprint density at radius 1 is 1.12 bits per heavy atom. The highest BCUT2D eigenvalue weighted by atomic mass is 16.5. The predicted octanol–water partition coefficient (Wildman–Crippen LogP) is 1.62. The van der Waals surface area contributed by atoms with E-state index in [9.17, 15) is 9.90 Å². The van der Waals surface area contributed by atoms with E-state index in [-0.39, 0.29) is 28.6 Å². The molecule has 0 radical (unpaired) electrons. The Hall–Kier alpha value is -1.91. The average molecular weight is 226 g/mol. The van der Waals surface area contributed by atoms with Crippen LogP contribution >= 0.6 is 0 Å². The maximum Gasteiger partial charge on any atom is 0.207 e. The number of Topliss-reactive ketones (excluding diaryl/α,β-unsaturated/α-hetero) is 1. The lowest BCUT2D eigenvalue weighted by molar-refractivity contribution is 0.101. The zero-order valence-corrected chi connectivity index (χ0v) is 9.66. The minimum Gasteiger partial charge on any atom is -0.504 e. The molecule has 1 aromatic carbocycles. The number of ether oxygens (including phenoxy) is 3. The molecule has 0 saturated carbocycles. The van der Waals surface area contributed by atoms with Gasteiger partial charge < -0.3 is 19.3 Å². The molecule has 0 fully saturated rings. The van der Waals surface area contributed by atoms with Gasteiger partial charge in [-0.05, 0) is 13.0 Å². The lowest BCUT2D eigenvalue weighted by Crippen LogP contribution is -2.00. The third-order valence-corrected chi connectivity index (χ3v) is 2.18. The Bertz CT molecular complexity index is 411. The maximum atomic E-state index is 11.3. The van der Waals surface area contributed by atoms with Crippen molar-refractivity contribution in [1.82, 2.24) is 0 Å². The zero-order chi connectivity index (χ0) is 12.3. The molecular weight excluding hydrogens is 212 g/mol. The van der Waals surface area contributed by atoms with Crippen molar-refractivity contribution < 1.29 is 24.1 Å². The predicted molar refractivity (Wildman–Crippen MR) is 57.8 cm³/mol. The minimum absolute atomic E-state index is 0.0899. The zero-order valence-electron chi connectivity index (χ0n) is 9.66. The van der Waals surface area contributed by atoms with E-state index in [1.807, 2.05) is 0 Å². The summed E-state index contributed by atoms with van der Waals surface area (Å²) >= 11 is 0. The molecule has 0 aliphatic rings. The average Bonchev–Trinajstić information content (AvgIpc) is 2.27. The highest BCUT2D eigenvalue weighted by molar-refractivity contribution is 5.98. The van der Waals surface area contributed by atoms with Gasteiger partial charge in [0.2, 0.25) is 11.5 Å². The largest absolute Gasteiger partial charge is 0.504 e. The second kappa shape index (κ2) is 4.74. The van der Waals surface area contributed by atoms with Crippen LogP contribution in [0, 0.1) is 0 Å². The quantitative estimate of drug-likeness (QED) is 0.790. The molecule has 16 heavy (non-hydrogen) atoms. The third-order valence-electron chi connectivity index (χ3n) is 2.18. The molecule has 5 heteroatoms. The summed E-state index contributed by atoms with van der Waals surface area (Å²) in [6.45, 7) is 1.35. The van der Waals surface area contributed by atoms with Crippen LogP contribution < -0.4 is 14.2 Å². The summed E-state index contributed by atoms with van der Waals surface area (Å²) in [6.07, 6.45) is 0. The number of aromatic hydroxyl groups is 1. The Morgan fingerprint density at radius 3 is 2.06 bits per heavy atom. The fourth-order valence-corrected chi connectivity index (χ4v) is 1.41. The summed E-state index contributed by atoms with van der Waals surface area (Å²) in [6, 6.07) is 1.42. The van der Waals surface area contributed by atoms with Gasteiger partial charge in [0.15, 0.2) is 17.3 Å². The summed E-state index contributed by atoms with van der Waals surface area (Å²) in [4.78, 5) is 11.3. The molecule has 1 aromatic rings. The third kappa shape index (κ3) is 1.88. The summed E-state index contributed by atoms with van der Waals surface area (Å²) in [7, 11) is 4.24. The first kappa shape index (κ1) is 12.2. The van der Waals surface area contributed by atoms with Gasteiger partial charge in [-0.1, -0.05) is 0 Å². The van der Waals surface area contributed by atoms with Gasteiger partial charge in [0, 0.05) is 0 Å². The van der Waals surface area contributed by atoms with Crippen molar-refractivity contribution in [3.8, 4) is 23.0 Å². The van der Waals surface area contributed by atoms with Gasteiger partial charge in [-0.2, -0.15) is 0 Å². The molecule has 0 amide bonds. The molecule has 0 aliphatic carbocycles. The Kier molecular flexibility index (Phi) is 3.60. The Balaban J connectivity index is 3.54. The topological polar surface area (TPSA) is 65.0 Å². The van der Waals surface area contributed by atoms with Crippen LogP contribution in [-0.2, 0) is 0 Å². The second-order valence-corrected chi connectivity index (χ2v) is 3.10. The molecule has 1 N–H and O–H groups in total. The van der Waals surface area contributed by atoms with E-state index in [4.69, 9.17) is 14.2 Å². The van der Waals surface area contributed by atoms with Crippen LogP contribution in [0.15, 0.2) is 6.07 Å². The normalized spacial score (nSPS) is 9.75. The van der Waals surface area contributed by atoms with E-state index < -0.39 is 0 Å². The van der Waals surface area contributed by atoms with E-state index in [1.165, 1.54) is 34.3 Å². The molecule has 5 nitrogen and oxygen atoms in total. The van der Waals surface area contributed by atoms with Gasteiger partial charge in [-0.3, -0.25) is 4.79 Å². The number of phenols is 1. The number of ketones is 1. The molecule has 0 spiro atoms. The van der Waals surface area contributed by atoms with Gasteiger partial charge in [0.25, 0.3) is 0 Å². The molecule has 0 aromatic heterocycles. The lowest BCUT2D eigenvalue weighted by Gasteiger charge is -2.15. The minimum atomic E-state index is -0.281. The molecule has 0 bridgehead atoms. The smallest absolute Gasteiger partial charge is 0.207 e. The van der Waals surface area contributed by atoms with Crippen molar-refractivity contribution in [3.63, 3.8) is 0 Å². The summed E-state index contributed by atoms with van der Waals surface area (Å²) in [5, 5.41) is 9.81. The van der Waals surface area contributed by atoms with Crippen LogP contribution in [-0.4, -0.2) is 32.2 Å². The van der Waals surface area contributed by atoms with Gasteiger partial charge in [-0.15, -0.1) is 0 Å². The summed E-state index contributed by atoms with van der Waals surface area (Å²) < 4.78 is 15.1. The van der Waals surface area contributed by atoms with Crippen molar-refractivity contribution in [2.24, 2.45) is 0 Å². The van der Waals surface area contributed by atoms with Crippen molar-refractivity contribution in [2.45, 2.75) is 6.92 Å². The van der Waals surface area contributed by atoms with Crippen LogP contribution in [0.4, 0.5) is 0 Å². The first-order chi connectivity index (χ1) is 7.56. The number of phenolic OH excluding ortho intramolecular Hbond substituents is 1. The van der Waals surface area contributed by atoms with Crippen LogP contribution in [0.25, 0.3) is 0 Å². The standard InChI is InChI=1S/C11H14O5/c1-6(12)7-5-8(14-2)10(15-3)11(16-4)9(7)13/h5,13H,1-4H3. The maximum absolute atomic E-state index is 11.3. The van der Waals surface area contributed by atoms with E-state index in [2.05, 4.69) is 0 Å². The van der Waals surface area contributed by atoms with E-state index in [0.29, 0.717) is 5.75 Å². The highest BCUT2D eigenvalue weighted by Gasteiger charge is 2.21. The van der Waals surface area contributed by atoms with Gasteiger partial charge in [0.05, 0.1) is 26.9 Å². The molecule has 0 heterocycles. The van der Waals surface area contributed by atoms with E-state index in [0.717, 1.165) is 0 Å². The number of carbonyl (C=O) groups excluding carboxylic acids is 1. The van der Waals surface area contributed by atoms with Gasteiger partial charge in [0.1, 0.15) is 0 Å². The van der Waals surface area contributed by atoms with Crippen LogP contribution in [0.1, 0.15) is 17.3 Å². The number of hydrogen-bond acceptors (Lipinski definition) is 5. The van der Waals surface area contributed by atoms with Gasteiger partial charge >= 0.3 is 0 Å².